The van der Waals surface area contributed by atoms with Crippen molar-refractivity contribution in [2.45, 2.75) is 57.6 Å². The Morgan fingerprint density at radius 2 is 1.92 bits per heavy atom. The maximum absolute atomic E-state index is 13.1. The minimum absolute atomic E-state index is 0.124. The molecule has 0 bridgehead atoms. The first-order valence-electron chi connectivity index (χ1n) is 13.2. The number of likely N-dealkylation sites (N-methyl/N-ethyl adjacent to an activating group) is 2. The molecule has 0 aromatic heterocycles. The molecule has 1 saturated carbocycles. The van der Waals surface area contributed by atoms with E-state index in [4.69, 9.17) is 21.4 Å². The highest BCUT2D eigenvalue weighted by Crippen LogP contribution is 2.31. The molecule has 1 unspecified atom stereocenters. The molecule has 7 nitrogen and oxygen atoms in total. The van der Waals surface area contributed by atoms with E-state index in [-0.39, 0.29) is 25.1 Å². The minimum Gasteiger partial charge on any atom is -0.465 e. The molecule has 1 aliphatic carbocycles. The van der Waals surface area contributed by atoms with Gasteiger partial charge in [-0.25, -0.2) is 4.79 Å². The second kappa shape index (κ2) is 14.4. The molecule has 37 heavy (non-hydrogen) atoms. The van der Waals surface area contributed by atoms with Gasteiger partial charge in [0.1, 0.15) is 6.10 Å². The number of amides is 2. The number of nitrogens with one attached hydrogen (secondary N) is 2. The Balaban J connectivity index is 1.74. The second-order valence-electron chi connectivity index (χ2n) is 10.0. The summed E-state index contributed by atoms with van der Waals surface area (Å²) in [6, 6.07) is 13.3. The molecule has 2 amide bonds. The SMILES string of the molecule is CN[C@H](CNC(=O)c1ccc(C)c(C(OCCN(C)C(=O)O)c2cccc(Cl)c2)c1)CC1CCCCC1. The molecule has 2 aromatic rings. The van der Waals surface area contributed by atoms with Gasteiger partial charge in [0.15, 0.2) is 0 Å². The normalized spacial score (nSPS) is 15.7. The smallest absolute Gasteiger partial charge is 0.407 e. The molecule has 0 saturated heterocycles. The highest BCUT2D eigenvalue weighted by atomic mass is 35.5. The molecule has 3 N–H and O–H groups in total. The van der Waals surface area contributed by atoms with Crippen LogP contribution in [0.1, 0.15) is 71.7 Å². The van der Waals surface area contributed by atoms with Crippen LogP contribution in [0.2, 0.25) is 5.02 Å². The summed E-state index contributed by atoms with van der Waals surface area (Å²) in [5, 5.41) is 16.2. The van der Waals surface area contributed by atoms with Crippen molar-refractivity contribution < 1.29 is 19.4 Å². The highest BCUT2D eigenvalue weighted by molar-refractivity contribution is 6.30. The molecule has 2 aromatic carbocycles. The third-order valence-electron chi connectivity index (χ3n) is 7.27. The van der Waals surface area contributed by atoms with Gasteiger partial charge < -0.3 is 25.4 Å². The monoisotopic (exact) mass is 529 g/mol. The van der Waals surface area contributed by atoms with Crippen molar-refractivity contribution in [1.29, 1.82) is 0 Å². The van der Waals surface area contributed by atoms with Crippen molar-refractivity contribution in [2.75, 3.05) is 33.8 Å². The van der Waals surface area contributed by atoms with Gasteiger partial charge in [0.25, 0.3) is 5.91 Å². The first-order chi connectivity index (χ1) is 17.8. The number of carbonyl (C=O) groups excluding carboxylic acids is 1. The minimum atomic E-state index is -1.01. The van der Waals surface area contributed by atoms with Gasteiger partial charge in [-0.2, -0.15) is 0 Å². The number of hydrogen-bond acceptors (Lipinski definition) is 4. The summed E-state index contributed by atoms with van der Waals surface area (Å²) in [5.74, 6) is 0.602. The van der Waals surface area contributed by atoms with E-state index in [9.17, 15) is 9.59 Å². The van der Waals surface area contributed by atoms with E-state index < -0.39 is 12.2 Å². The van der Waals surface area contributed by atoms with Gasteiger partial charge in [-0.3, -0.25) is 4.79 Å². The Morgan fingerprint density at radius 3 is 2.59 bits per heavy atom. The van der Waals surface area contributed by atoms with Gasteiger partial charge in [-0.15, -0.1) is 0 Å². The van der Waals surface area contributed by atoms with Crippen molar-refractivity contribution in [2.24, 2.45) is 5.92 Å². The van der Waals surface area contributed by atoms with Crippen LogP contribution in [0.5, 0.6) is 0 Å². The number of hydrogen-bond donors (Lipinski definition) is 3. The third kappa shape index (κ3) is 8.73. The van der Waals surface area contributed by atoms with Crippen LogP contribution in [0.15, 0.2) is 42.5 Å². The number of nitrogens with zero attached hydrogens (tertiary/aromatic N) is 1. The topological polar surface area (TPSA) is 90.9 Å². The fourth-order valence-corrected chi connectivity index (χ4v) is 5.15. The molecule has 202 valence electrons. The lowest BCUT2D eigenvalue weighted by atomic mass is 9.85. The average Bonchev–Trinajstić information content (AvgIpc) is 2.89. The summed E-state index contributed by atoms with van der Waals surface area (Å²) in [7, 11) is 3.46. The van der Waals surface area contributed by atoms with Crippen molar-refractivity contribution in [3.63, 3.8) is 0 Å². The van der Waals surface area contributed by atoms with Crippen LogP contribution in [0.3, 0.4) is 0 Å². The summed E-state index contributed by atoms with van der Waals surface area (Å²) in [6.07, 6.45) is 6.08. The molecular weight excluding hydrogens is 490 g/mol. The van der Waals surface area contributed by atoms with E-state index in [1.807, 2.05) is 50.4 Å². The maximum atomic E-state index is 13.1. The van der Waals surface area contributed by atoms with Crippen LogP contribution in [-0.2, 0) is 4.74 Å². The van der Waals surface area contributed by atoms with Crippen molar-refractivity contribution in [3.8, 4) is 0 Å². The average molecular weight is 530 g/mol. The standard InChI is InChI=1S/C29H40ClN3O4/c1-20-12-13-23(28(34)32-19-25(31-2)16-21-8-5-4-6-9-21)18-26(20)27(22-10-7-11-24(30)17-22)37-15-14-33(3)29(35)36/h7,10-13,17-18,21,25,27,31H,4-6,8-9,14-16,19H2,1-3H3,(H,32,34)(H,35,36)/t25-,27?/m0/s1. The number of carboxylic acid groups (broad SMARTS) is 1. The summed E-state index contributed by atoms with van der Waals surface area (Å²) in [4.78, 5) is 25.5. The van der Waals surface area contributed by atoms with E-state index >= 15 is 0 Å². The van der Waals surface area contributed by atoms with E-state index in [1.54, 1.807) is 6.07 Å². The molecule has 0 radical (unpaired) electrons. The van der Waals surface area contributed by atoms with Gasteiger partial charge in [0.05, 0.1) is 6.61 Å². The summed E-state index contributed by atoms with van der Waals surface area (Å²) >= 11 is 6.27. The molecule has 8 heteroatoms. The summed E-state index contributed by atoms with van der Waals surface area (Å²) in [5.41, 5.74) is 3.22. The quantitative estimate of drug-likeness (QED) is 0.330. The Bertz CT molecular complexity index is 1040. The number of aryl methyl sites for hydroxylation is 1. The summed E-state index contributed by atoms with van der Waals surface area (Å²) < 4.78 is 6.20. The van der Waals surface area contributed by atoms with Crippen LogP contribution < -0.4 is 10.6 Å². The number of ether oxygens (including phenoxy) is 1. The van der Waals surface area contributed by atoms with Gasteiger partial charge in [0.2, 0.25) is 0 Å². The fraction of sp³-hybridized carbons (Fsp3) is 0.517. The van der Waals surface area contributed by atoms with Gasteiger partial charge >= 0.3 is 6.09 Å². The molecule has 1 fully saturated rings. The van der Waals surface area contributed by atoms with Crippen molar-refractivity contribution in [3.05, 3.63) is 69.7 Å². The number of carbonyl (C=O) groups is 2. The first kappa shape index (κ1) is 29.0. The van der Waals surface area contributed by atoms with Crippen LogP contribution in [-0.4, -0.2) is 61.8 Å². The zero-order valence-corrected chi connectivity index (χ0v) is 22.9. The van der Waals surface area contributed by atoms with E-state index in [0.29, 0.717) is 17.1 Å². The van der Waals surface area contributed by atoms with E-state index in [2.05, 4.69) is 10.6 Å². The fourth-order valence-electron chi connectivity index (χ4n) is 4.95. The molecular formula is C29H40ClN3O4. The number of benzene rings is 2. The summed E-state index contributed by atoms with van der Waals surface area (Å²) in [6.45, 7) is 2.96. The molecule has 0 heterocycles. The van der Waals surface area contributed by atoms with E-state index in [0.717, 1.165) is 29.0 Å². The van der Waals surface area contributed by atoms with Gasteiger partial charge in [0, 0.05) is 36.8 Å². The molecule has 2 atom stereocenters. The zero-order valence-electron chi connectivity index (χ0n) is 22.1. The lowest BCUT2D eigenvalue weighted by molar-refractivity contribution is 0.0630. The molecule has 0 aliphatic heterocycles. The Hall–Kier alpha value is -2.61. The van der Waals surface area contributed by atoms with Gasteiger partial charge in [-0.05, 0) is 67.3 Å². The Labute approximate surface area is 225 Å². The van der Waals surface area contributed by atoms with Crippen molar-refractivity contribution >= 4 is 23.6 Å². The van der Waals surface area contributed by atoms with Gasteiger partial charge in [-0.1, -0.05) is 61.9 Å². The van der Waals surface area contributed by atoms with Crippen LogP contribution >= 0.6 is 11.6 Å². The Morgan fingerprint density at radius 1 is 1.16 bits per heavy atom. The predicted molar refractivity (Wildman–Crippen MR) is 147 cm³/mol. The van der Waals surface area contributed by atoms with Crippen LogP contribution in [0, 0.1) is 12.8 Å². The van der Waals surface area contributed by atoms with Crippen LogP contribution in [0.25, 0.3) is 0 Å². The first-order valence-corrected chi connectivity index (χ1v) is 13.5. The molecule has 1 aliphatic rings. The lowest BCUT2D eigenvalue weighted by Crippen LogP contribution is -2.40. The zero-order chi connectivity index (χ0) is 26.8. The molecule has 3 rings (SSSR count). The largest absolute Gasteiger partial charge is 0.465 e. The van der Waals surface area contributed by atoms with Crippen LogP contribution in [0.4, 0.5) is 4.79 Å². The number of halogens is 1. The third-order valence-corrected chi connectivity index (χ3v) is 7.51. The Kier molecular flexibility index (Phi) is 11.2. The predicted octanol–water partition coefficient (Wildman–Crippen LogP) is 5.65. The van der Waals surface area contributed by atoms with E-state index in [1.165, 1.54) is 44.1 Å². The second-order valence-corrected chi connectivity index (χ2v) is 10.5. The number of rotatable bonds is 12. The highest BCUT2D eigenvalue weighted by Gasteiger charge is 2.22. The van der Waals surface area contributed by atoms with Crippen molar-refractivity contribution in [1.82, 2.24) is 15.5 Å². The lowest BCUT2D eigenvalue weighted by Gasteiger charge is -2.26. The molecule has 0 spiro atoms. The maximum Gasteiger partial charge on any atom is 0.407 e.